The van der Waals surface area contributed by atoms with Crippen molar-refractivity contribution in [1.29, 1.82) is 0 Å². The van der Waals surface area contributed by atoms with Crippen LogP contribution in [-0.4, -0.2) is 46.6 Å². The smallest absolute Gasteiger partial charge is 0.416 e. The second-order valence-corrected chi connectivity index (χ2v) is 9.81. The average molecular weight is 519 g/mol. The summed E-state index contributed by atoms with van der Waals surface area (Å²) in [4.78, 5) is 31.0. The average Bonchev–Trinajstić information content (AvgIpc) is 3.24. The third-order valence-electron chi connectivity index (χ3n) is 6.19. The van der Waals surface area contributed by atoms with Gasteiger partial charge < -0.3 is 14.7 Å². The summed E-state index contributed by atoms with van der Waals surface area (Å²) in [6.07, 6.45) is -2.73. The number of likely N-dealkylation sites (tertiary alicyclic amines) is 1. The Morgan fingerprint density at radius 2 is 1.89 bits per heavy atom. The summed E-state index contributed by atoms with van der Waals surface area (Å²) < 4.78 is 44.0. The molecule has 3 aromatic rings. The summed E-state index contributed by atoms with van der Waals surface area (Å²) in [6.45, 7) is 4.23. The van der Waals surface area contributed by atoms with Crippen LogP contribution in [0.2, 0.25) is 0 Å². The standard InChI is InChI=1S/C26H25F3N2O4S/c1-15-5-6-18(12-21(15)35-14-22(32)33)19-4-3-11-31(13-19)25(34)23-16(2)30-24(36-23)17-7-9-20(10-8-17)26(27,28)29/h5-10,12,19H,3-4,11,13-14H2,1-2H3,(H,32,33). The number of thiazole rings is 1. The Morgan fingerprint density at radius 1 is 1.17 bits per heavy atom. The summed E-state index contributed by atoms with van der Waals surface area (Å²) >= 11 is 1.18. The van der Waals surface area contributed by atoms with Crippen LogP contribution in [0.4, 0.5) is 13.2 Å². The molecule has 2 aromatic carbocycles. The molecule has 0 spiro atoms. The number of amides is 1. The lowest BCUT2D eigenvalue weighted by Crippen LogP contribution is -2.39. The molecule has 1 atom stereocenters. The summed E-state index contributed by atoms with van der Waals surface area (Å²) in [5, 5.41) is 9.41. The first-order chi connectivity index (χ1) is 17.0. The number of nitrogens with zero attached hydrogens (tertiary/aromatic N) is 2. The van der Waals surface area contributed by atoms with Crippen molar-refractivity contribution in [2.45, 2.75) is 38.8 Å². The predicted octanol–water partition coefficient (Wildman–Crippen LogP) is 5.93. The Morgan fingerprint density at radius 3 is 2.56 bits per heavy atom. The van der Waals surface area contributed by atoms with Gasteiger partial charge in [-0.2, -0.15) is 13.2 Å². The first kappa shape index (κ1) is 25.7. The Balaban J connectivity index is 1.50. The van der Waals surface area contributed by atoms with Crippen molar-refractivity contribution >= 4 is 23.2 Å². The van der Waals surface area contributed by atoms with E-state index in [1.54, 1.807) is 11.8 Å². The highest BCUT2D eigenvalue weighted by Crippen LogP contribution is 2.35. The lowest BCUT2D eigenvalue weighted by Gasteiger charge is -2.33. The van der Waals surface area contributed by atoms with Crippen LogP contribution in [0.25, 0.3) is 10.6 Å². The maximum Gasteiger partial charge on any atom is 0.416 e. The zero-order chi connectivity index (χ0) is 26.0. The Hall–Kier alpha value is -3.40. The van der Waals surface area contributed by atoms with E-state index in [2.05, 4.69) is 4.98 Å². The molecule has 1 unspecified atom stereocenters. The minimum absolute atomic E-state index is 0.0677. The molecule has 1 N–H and O–H groups in total. The third kappa shape index (κ3) is 5.70. The number of alkyl halides is 3. The van der Waals surface area contributed by atoms with E-state index in [0.29, 0.717) is 40.0 Å². The van der Waals surface area contributed by atoms with E-state index in [1.807, 2.05) is 25.1 Å². The molecule has 4 rings (SSSR count). The molecule has 0 bridgehead atoms. The van der Waals surface area contributed by atoms with Crippen LogP contribution in [0, 0.1) is 13.8 Å². The molecule has 2 heterocycles. The highest BCUT2D eigenvalue weighted by atomic mass is 32.1. The Bertz CT molecular complexity index is 1270. The van der Waals surface area contributed by atoms with Crippen LogP contribution >= 0.6 is 11.3 Å². The zero-order valence-electron chi connectivity index (χ0n) is 19.8. The number of carboxylic acids is 1. The second-order valence-electron chi connectivity index (χ2n) is 8.81. The molecule has 1 saturated heterocycles. The van der Waals surface area contributed by atoms with Gasteiger partial charge in [-0.05, 0) is 56.0 Å². The molecular weight excluding hydrogens is 493 g/mol. The van der Waals surface area contributed by atoms with Gasteiger partial charge in [0.2, 0.25) is 0 Å². The number of benzene rings is 2. The molecule has 1 aromatic heterocycles. The molecule has 1 aliphatic heterocycles. The first-order valence-electron chi connectivity index (χ1n) is 11.4. The van der Waals surface area contributed by atoms with Gasteiger partial charge in [0.1, 0.15) is 15.6 Å². The quantitative estimate of drug-likeness (QED) is 0.438. The Kier molecular flexibility index (Phi) is 7.35. The van der Waals surface area contributed by atoms with Gasteiger partial charge in [0.05, 0.1) is 11.3 Å². The SMILES string of the molecule is Cc1ccc(C2CCCN(C(=O)c3sc(-c4ccc(C(F)(F)F)cc4)nc3C)C2)cc1OCC(=O)O. The van der Waals surface area contributed by atoms with Crippen molar-refractivity contribution in [3.63, 3.8) is 0 Å². The second kappa shape index (κ2) is 10.3. The van der Waals surface area contributed by atoms with E-state index >= 15 is 0 Å². The lowest BCUT2D eigenvalue weighted by atomic mass is 9.89. The van der Waals surface area contributed by atoms with Gasteiger partial charge in [0.25, 0.3) is 5.91 Å². The maximum absolute atomic E-state index is 13.4. The van der Waals surface area contributed by atoms with Crippen LogP contribution in [0.15, 0.2) is 42.5 Å². The van der Waals surface area contributed by atoms with E-state index < -0.39 is 24.3 Å². The molecule has 36 heavy (non-hydrogen) atoms. The molecular formula is C26H25F3N2O4S. The van der Waals surface area contributed by atoms with Crippen molar-refractivity contribution < 1.29 is 32.6 Å². The van der Waals surface area contributed by atoms with Crippen molar-refractivity contribution in [1.82, 2.24) is 9.88 Å². The van der Waals surface area contributed by atoms with E-state index in [1.165, 1.54) is 23.5 Å². The fraction of sp³-hybridized carbons (Fsp3) is 0.346. The highest BCUT2D eigenvalue weighted by molar-refractivity contribution is 7.17. The normalized spacial score (nSPS) is 16.1. The fourth-order valence-corrected chi connectivity index (χ4v) is 5.30. The number of rotatable bonds is 6. The van der Waals surface area contributed by atoms with E-state index in [0.717, 1.165) is 36.1 Å². The fourth-order valence-electron chi connectivity index (χ4n) is 4.26. The number of aliphatic carboxylic acids is 1. The van der Waals surface area contributed by atoms with Gasteiger partial charge in [0.15, 0.2) is 6.61 Å². The molecule has 1 amide bonds. The zero-order valence-corrected chi connectivity index (χ0v) is 20.6. The van der Waals surface area contributed by atoms with Gasteiger partial charge in [-0.1, -0.05) is 24.3 Å². The Labute approximate surface area is 210 Å². The number of carboxylic acid groups (broad SMARTS) is 1. The van der Waals surface area contributed by atoms with E-state index in [-0.39, 0.29) is 11.8 Å². The number of hydrogen-bond acceptors (Lipinski definition) is 5. The summed E-state index contributed by atoms with van der Waals surface area (Å²) in [5.41, 5.74) is 2.15. The van der Waals surface area contributed by atoms with Crippen molar-refractivity contribution in [3.8, 4) is 16.3 Å². The number of halogens is 3. The summed E-state index contributed by atoms with van der Waals surface area (Å²) in [6, 6.07) is 10.5. The maximum atomic E-state index is 13.4. The van der Waals surface area contributed by atoms with Crippen LogP contribution in [0.5, 0.6) is 5.75 Å². The van der Waals surface area contributed by atoms with Gasteiger partial charge in [-0.25, -0.2) is 9.78 Å². The topological polar surface area (TPSA) is 79.7 Å². The van der Waals surface area contributed by atoms with Crippen LogP contribution in [0.3, 0.4) is 0 Å². The molecule has 1 fully saturated rings. The third-order valence-corrected chi connectivity index (χ3v) is 7.39. The molecule has 190 valence electrons. The number of aryl methyl sites for hydroxylation is 2. The number of carbonyl (C=O) groups excluding carboxylic acids is 1. The van der Waals surface area contributed by atoms with Gasteiger partial charge in [-0.15, -0.1) is 11.3 Å². The lowest BCUT2D eigenvalue weighted by molar-refractivity contribution is -0.139. The van der Waals surface area contributed by atoms with Gasteiger partial charge >= 0.3 is 12.1 Å². The first-order valence-corrected chi connectivity index (χ1v) is 12.2. The number of hydrogen-bond donors (Lipinski definition) is 1. The predicted molar refractivity (Wildman–Crippen MR) is 129 cm³/mol. The van der Waals surface area contributed by atoms with Crippen molar-refractivity contribution in [2.75, 3.05) is 19.7 Å². The number of piperidine rings is 1. The minimum atomic E-state index is -4.41. The molecule has 0 radical (unpaired) electrons. The largest absolute Gasteiger partial charge is 0.482 e. The van der Waals surface area contributed by atoms with Crippen molar-refractivity contribution in [3.05, 3.63) is 69.7 Å². The van der Waals surface area contributed by atoms with Crippen LogP contribution in [-0.2, 0) is 11.0 Å². The van der Waals surface area contributed by atoms with Gasteiger partial charge in [-0.3, -0.25) is 4.79 Å². The van der Waals surface area contributed by atoms with E-state index in [9.17, 15) is 22.8 Å². The van der Waals surface area contributed by atoms with Crippen LogP contribution < -0.4 is 4.74 Å². The van der Waals surface area contributed by atoms with Crippen LogP contribution in [0.1, 0.15) is 50.8 Å². The summed E-state index contributed by atoms with van der Waals surface area (Å²) in [5.74, 6) is -0.622. The summed E-state index contributed by atoms with van der Waals surface area (Å²) in [7, 11) is 0. The van der Waals surface area contributed by atoms with Gasteiger partial charge in [0, 0.05) is 24.6 Å². The number of carbonyl (C=O) groups is 2. The number of ether oxygens (including phenoxy) is 1. The monoisotopic (exact) mass is 518 g/mol. The number of aromatic nitrogens is 1. The molecule has 0 saturated carbocycles. The molecule has 1 aliphatic rings. The molecule has 10 heteroatoms. The van der Waals surface area contributed by atoms with E-state index in [4.69, 9.17) is 9.84 Å². The molecule has 0 aliphatic carbocycles. The minimum Gasteiger partial charge on any atom is -0.482 e. The molecule has 6 nitrogen and oxygen atoms in total. The highest BCUT2D eigenvalue weighted by Gasteiger charge is 2.31. The van der Waals surface area contributed by atoms with Crippen molar-refractivity contribution in [2.24, 2.45) is 0 Å².